The molecule has 0 aliphatic carbocycles. The molecule has 5 heteroatoms. The van der Waals surface area contributed by atoms with E-state index in [1.165, 1.54) is 0 Å². The van der Waals surface area contributed by atoms with Gasteiger partial charge in [-0.2, -0.15) is 0 Å². The predicted molar refractivity (Wildman–Crippen MR) is 81.7 cm³/mol. The normalized spacial score (nSPS) is 12.2. The van der Waals surface area contributed by atoms with Crippen molar-refractivity contribution in [2.75, 3.05) is 14.2 Å². The molecule has 1 heterocycles. The van der Waals surface area contributed by atoms with Crippen LogP contribution in [0.1, 0.15) is 29.2 Å². The Bertz CT molecular complexity index is 569. The maximum absolute atomic E-state index is 5.40. The average molecular weight is 292 g/mol. The Kier molecular flexibility index (Phi) is 4.98. The van der Waals surface area contributed by atoms with Crippen LogP contribution in [-0.4, -0.2) is 19.2 Å². The van der Waals surface area contributed by atoms with Gasteiger partial charge in [-0.1, -0.05) is 6.07 Å². The molecule has 2 aromatic rings. The Hall–Kier alpha value is -1.59. The van der Waals surface area contributed by atoms with Crippen molar-refractivity contribution in [3.63, 3.8) is 0 Å². The SMILES string of the molecule is COc1ccc(CNC(C)c2csc(C)n2)c(OC)c1. The van der Waals surface area contributed by atoms with E-state index in [0.717, 1.165) is 34.3 Å². The maximum Gasteiger partial charge on any atom is 0.127 e. The summed E-state index contributed by atoms with van der Waals surface area (Å²) in [5.74, 6) is 1.63. The number of thiazole rings is 1. The smallest absolute Gasteiger partial charge is 0.127 e. The highest BCUT2D eigenvalue weighted by Crippen LogP contribution is 2.25. The van der Waals surface area contributed by atoms with Gasteiger partial charge in [0, 0.05) is 29.6 Å². The van der Waals surface area contributed by atoms with Gasteiger partial charge in [0.25, 0.3) is 0 Å². The highest BCUT2D eigenvalue weighted by molar-refractivity contribution is 7.09. The van der Waals surface area contributed by atoms with Crippen LogP contribution in [0.5, 0.6) is 11.5 Å². The zero-order valence-electron chi connectivity index (χ0n) is 12.3. The number of aryl methyl sites for hydroxylation is 1. The van der Waals surface area contributed by atoms with Crippen LogP contribution in [0.2, 0.25) is 0 Å². The summed E-state index contributed by atoms with van der Waals surface area (Å²) in [5, 5.41) is 6.65. The summed E-state index contributed by atoms with van der Waals surface area (Å²) in [4.78, 5) is 4.50. The van der Waals surface area contributed by atoms with E-state index in [1.807, 2.05) is 25.1 Å². The number of benzene rings is 1. The third kappa shape index (κ3) is 3.49. The quantitative estimate of drug-likeness (QED) is 0.887. The standard InChI is InChI=1S/C15H20N2O2S/c1-10(14-9-20-11(2)17-14)16-8-12-5-6-13(18-3)7-15(12)19-4/h5-7,9-10,16H,8H2,1-4H3. The van der Waals surface area contributed by atoms with E-state index in [9.17, 15) is 0 Å². The van der Waals surface area contributed by atoms with Gasteiger partial charge < -0.3 is 14.8 Å². The van der Waals surface area contributed by atoms with Crippen molar-refractivity contribution >= 4 is 11.3 Å². The maximum atomic E-state index is 5.40. The molecule has 4 nitrogen and oxygen atoms in total. The molecule has 1 unspecified atom stereocenters. The van der Waals surface area contributed by atoms with Gasteiger partial charge in [-0.15, -0.1) is 11.3 Å². The molecular formula is C15H20N2O2S. The summed E-state index contributed by atoms with van der Waals surface area (Å²) in [6.45, 7) is 4.86. The monoisotopic (exact) mass is 292 g/mol. The van der Waals surface area contributed by atoms with Crippen molar-refractivity contribution in [1.82, 2.24) is 10.3 Å². The summed E-state index contributed by atoms with van der Waals surface area (Å²) in [6.07, 6.45) is 0. The zero-order chi connectivity index (χ0) is 14.5. The van der Waals surface area contributed by atoms with Crippen LogP contribution < -0.4 is 14.8 Å². The molecule has 2 rings (SSSR count). The van der Waals surface area contributed by atoms with Gasteiger partial charge in [-0.05, 0) is 19.9 Å². The van der Waals surface area contributed by atoms with E-state index in [2.05, 4.69) is 22.6 Å². The van der Waals surface area contributed by atoms with Crippen LogP contribution in [-0.2, 0) is 6.54 Å². The lowest BCUT2D eigenvalue weighted by atomic mass is 10.1. The van der Waals surface area contributed by atoms with Gasteiger partial charge >= 0.3 is 0 Å². The number of nitrogens with zero attached hydrogens (tertiary/aromatic N) is 1. The van der Waals surface area contributed by atoms with Gasteiger partial charge in [0.1, 0.15) is 11.5 Å². The van der Waals surface area contributed by atoms with E-state index >= 15 is 0 Å². The highest BCUT2D eigenvalue weighted by Gasteiger charge is 2.10. The van der Waals surface area contributed by atoms with Gasteiger partial charge in [0.2, 0.25) is 0 Å². The number of nitrogens with one attached hydrogen (secondary N) is 1. The summed E-state index contributed by atoms with van der Waals surface area (Å²) in [7, 11) is 3.32. The Morgan fingerprint density at radius 2 is 2.10 bits per heavy atom. The lowest BCUT2D eigenvalue weighted by Crippen LogP contribution is -2.18. The van der Waals surface area contributed by atoms with E-state index in [0.29, 0.717) is 0 Å². The van der Waals surface area contributed by atoms with Gasteiger partial charge in [-0.3, -0.25) is 0 Å². The minimum Gasteiger partial charge on any atom is -0.497 e. The minimum absolute atomic E-state index is 0.215. The summed E-state index contributed by atoms with van der Waals surface area (Å²) in [6, 6.07) is 6.07. The topological polar surface area (TPSA) is 43.4 Å². The van der Waals surface area contributed by atoms with Crippen LogP contribution in [0.15, 0.2) is 23.6 Å². The molecule has 0 saturated heterocycles. The fraction of sp³-hybridized carbons (Fsp3) is 0.400. The number of aromatic nitrogens is 1. The summed E-state index contributed by atoms with van der Waals surface area (Å²) >= 11 is 1.67. The number of rotatable bonds is 6. The van der Waals surface area contributed by atoms with Crippen molar-refractivity contribution in [3.8, 4) is 11.5 Å². The molecule has 108 valence electrons. The van der Waals surface area contributed by atoms with Crippen molar-refractivity contribution in [1.29, 1.82) is 0 Å². The van der Waals surface area contributed by atoms with Crippen LogP contribution in [0.4, 0.5) is 0 Å². The number of ether oxygens (including phenoxy) is 2. The average Bonchev–Trinajstić information content (AvgIpc) is 2.91. The highest BCUT2D eigenvalue weighted by atomic mass is 32.1. The largest absolute Gasteiger partial charge is 0.497 e. The molecule has 1 N–H and O–H groups in total. The molecule has 0 spiro atoms. The molecule has 1 aromatic heterocycles. The molecule has 0 aliphatic rings. The third-order valence-electron chi connectivity index (χ3n) is 3.17. The molecule has 0 saturated carbocycles. The zero-order valence-corrected chi connectivity index (χ0v) is 13.1. The molecular weight excluding hydrogens is 272 g/mol. The van der Waals surface area contributed by atoms with Gasteiger partial charge in [0.05, 0.1) is 24.9 Å². The van der Waals surface area contributed by atoms with E-state index in [1.54, 1.807) is 25.6 Å². The first-order chi connectivity index (χ1) is 9.63. The Balaban J connectivity index is 2.03. The Morgan fingerprint density at radius 3 is 2.70 bits per heavy atom. The summed E-state index contributed by atoms with van der Waals surface area (Å²) < 4.78 is 10.6. The molecule has 0 bridgehead atoms. The molecule has 1 aromatic carbocycles. The second-order valence-corrected chi connectivity index (χ2v) is 5.63. The molecule has 1 atom stereocenters. The predicted octanol–water partition coefficient (Wildman–Crippen LogP) is 3.32. The number of hydrogen-bond acceptors (Lipinski definition) is 5. The number of hydrogen-bond donors (Lipinski definition) is 1. The first kappa shape index (κ1) is 14.8. The minimum atomic E-state index is 0.215. The Labute approximate surface area is 123 Å². The van der Waals surface area contributed by atoms with Gasteiger partial charge in [-0.25, -0.2) is 4.98 Å². The van der Waals surface area contributed by atoms with E-state index in [4.69, 9.17) is 9.47 Å². The molecule has 0 radical (unpaired) electrons. The van der Waals surface area contributed by atoms with Crippen LogP contribution in [0.3, 0.4) is 0 Å². The molecule has 0 aliphatic heterocycles. The van der Waals surface area contributed by atoms with E-state index in [-0.39, 0.29) is 6.04 Å². The third-order valence-corrected chi connectivity index (χ3v) is 3.97. The molecule has 0 amide bonds. The first-order valence-electron chi connectivity index (χ1n) is 6.50. The first-order valence-corrected chi connectivity index (χ1v) is 7.38. The van der Waals surface area contributed by atoms with Crippen LogP contribution in [0.25, 0.3) is 0 Å². The van der Waals surface area contributed by atoms with Crippen molar-refractivity contribution < 1.29 is 9.47 Å². The fourth-order valence-corrected chi connectivity index (χ4v) is 2.65. The van der Waals surface area contributed by atoms with Crippen LogP contribution in [0, 0.1) is 6.92 Å². The fourth-order valence-electron chi connectivity index (χ4n) is 1.94. The van der Waals surface area contributed by atoms with Crippen molar-refractivity contribution in [2.45, 2.75) is 26.4 Å². The summed E-state index contributed by atoms with van der Waals surface area (Å²) in [5.41, 5.74) is 2.19. The van der Waals surface area contributed by atoms with Crippen molar-refractivity contribution in [3.05, 3.63) is 39.8 Å². The Morgan fingerprint density at radius 1 is 1.30 bits per heavy atom. The lowest BCUT2D eigenvalue weighted by Gasteiger charge is -2.14. The second kappa shape index (κ2) is 6.72. The van der Waals surface area contributed by atoms with Gasteiger partial charge in [0.15, 0.2) is 0 Å². The number of methoxy groups -OCH3 is 2. The van der Waals surface area contributed by atoms with Crippen molar-refractivity contribution in [2.24, 2.45) is 0 Å². The van der Waals surface area contributed by atoms with E-state index < -0.39 is 0 Å². The van der Waals surface area contributed by atoms with Crippen LogP contribution >= 0.6 is 11.3 Å². The molecule has 20 heavy (non-hydrogen) atoms. The second-order valence-electron chi connectivity index (χ2n) is 4.57. The molecule has 0 fully saturated rings. The lowest BCUT2D eigenvalue weighted by molar-refractivity contribution is 0.388.